The van der Waals surface area contributed by atoms with Gasteiger partial charge in [-0.2, -0.15) is 0 Å². The molecule has 0 heterocycles. The van der Waals surface area contributed by atoms with Crippen LogP contribution >= 0.6 is 11.6 Å². The normalized spacial score (nSPS) is 13.1. The smallest absolute Gasteiger partial charge is 0.157 e. The Balaban J connectivity index is 2.16. The van der Waals surface area contributed by atoms with Gasteiger partial charge in [-0.3, -0.25) is 0 Å². The summed E-state index contributed by atoms with van der Waals surface area (Å²) in [6, 6.07) is 8.82. The van der Waals surface area contributed by atoms with Crippen LogP contribution in [0.3, 0.4) is 0 Å². The van der Waals surface area contributed by atoms with Crippen LogP contribution in [-0.4, -0.2) is 19.3 Å². The molecule has 3 nitrogen and oxygen atoms in total. The molecule has 2 aromatic rings. The molecule has 1 atom stereocenters. The highest BCUT2D eigenvalue weighted by Gasteiger charge is 2.22. The van der Waals surface area contributed by atoms with E-state index in [0.29, 0.717) is 10.6 Å². The lowest BCUT2D eigenvalue weighted by Gasteiger charge is -2.13. The second kappa shape index (κ2) is 6.73. The molecule has 0 aromatic heterocycles. The first-order valence-corrected chi connectivity index (χ1v) is 8.55. The quantitative estimate of drug-likeness (QED) is 0.904. The van der Waals surface area contributed by atoms with Gasteiger partial charge >= 0.3 is 0 Å². The summed E-state index contributed by atoms with van der Waals surface area (Å²) in [6.07, 6.45) is -1.64. The molecule has 0 amide bonds. The summed E-state index contributed by atoms with van der Waals surface area (Å²) in [6.45, 7) is 0. The first kappa shape index (κ1) is 16.9. The van der Waals surface area contributed by atoms with Crippen LogP contribution in [0.25, 0.3) is 0 Å². The van der Waals surface area contributed by atoms with E-state index in [0.717, 1.165) is 18.2 Å². The van der Waals surface area contributed by atoms with Gasteiger partial charge < -0.3 is 5.11 Å². The van der Waals surface area contributed by atoms with E-state index in [1.807, 2.05) is 0 Å². The zero-order chi connectivity index (χ0) is 16.3. The van der Waals surface area contributed by atoms with Crippen molar-refractivity contribution in [3.05, 3.63) is 70.2 Å². The number of sulfone groups is 1. The van der Waals surface area contributed by atoms with Crippen molar-refractivity contribution in [3.8, 4) is 0 Å². The van der Waals surface area contributed by atoms with Crippen LogP contribution in [0.2, 0.25) is 5.02 Å². The lowest BCUT2D eigenvalue weighted by atomic mass is 10.1. The van der Waals surface area contributed by atoms with Crippen molar-refractivity contribution in [1.82, 2.24) is 0 Å². The Morgan fingerprint density at radius 2 is 1.86 bits per heavy atom. The van der Waals surface area contributed by atoms with Gasteiger partial charge in [0.2, 0.25) is 0 Å². The van der Waals surface area contributed by atoms with Gasteiger partial charge in [-0.1, -0.05) is 23.7 Å². The summed E-state index contributed by atoms with van der Waals surface area (Å²) in [5.41, 5.74) is 0.0779. The largest absolute Gasteiger partial charge is 0.387 e. The molecule has 0 fully saturated rings. The first-order chi connectivity index (χ1) is 10.3. The van der Waals surface area contributed by atoms with E-state index in [2.05, 4.69) is 0 Å². The molecule has 2 rings (SSSR count). The van der Waals surface area contributed by atoms with Crippen molar-refractivity contribution in [3.63, 3.8) is 0 Å². The summed E-state index contributed by atoms with van der Waals surface area (Å²) in [5.74, 6) is -2.66. The van der Waals surface area contributed by atoms with Crippen LogP contribution in [-0.2, 0) is 15.6 Å². The van der Waals surface area contributed by atoms with Crippen molar-refractivity contribution in [2.24, 2.45) is 0 Å². The lowest BCUT2D eigenvalue weighted by Crippen LogP contribution is -2.17. The third-order valence-corrected chi connectivity index (χ3v) is 4.84. The van der Waals surface area contributed by atoms with Crippen LogP contribution in [0.5, 0.6) is 0 Å². The fraction of sp³-hybridized carbons (Fsp3) is 0.200. The van der Waals surface area contributed by atoms with E-state index in [4.69, 9.17) is 11.6 Å². The molecule has 0 aliphatic heterocycles. The average Bonchev–Trinajstić information content (AvgIpc) is 2.40. The minimum Gasteiger partial charge on any atom is -0.387 e. The highest BCUT2D eigenvalue weighted by atomic mass is 35.5. The van der Waals surface area contributed by atoms with Crippen molar-refractivity contribution >= 4 is 21.4 Å². The maximum absolute atomic E-state index is 13.5. The monoisotopic (exact) mass is 346 g/mol. The van der Waals surface area contributed by atoms with Gasteiger partial charge in [0, 0.05) is 10.6 Å². The van der Waals surface area contributed by atoms with Crippen LogP contribution in [0, 0.1) is 11.6 Å². The van der Waals surface area contributed by atoms with Gasteiger partial charge in [-0.05, 0) is 35.9 Å². The van der Waals surface area contributed by atoms with Crippen molar-refractivity contribution in [1.29, 1.82) is 0 Å². The fourth-order valence-corrected chi connectivity index (χ4v) is 3.72. The SMILES string of the molecule is O=S(=O)(Cc1cccc(Cl)c1)CC(O)c1cc(F)ccc1F. The molecule has 0 saturated heterocycles. The Morgan fingerprint density at radius 3 is 2.55 bits per heavy atom. The minimum atomic E-state index is -3.73. The number of benzene rings is 2. The van der Waals surface area contributed by atoms with E-state index >= 15 is 0 Å². The van der Waals surface area contributed by atoms with Crippen LogP contribution < -0.4 is 0 Å². The molecule has 0 radical (unpaired) electrons. The highest BCUT2D eigenvalue weighted by molar-refractivity contribution is 7.90. The fourth-order valence-electron chi connectivity index (χ4n) is 2.04. The standard InChI is InChI=1S/C15H13ClF2O3S/c16-11-3-1-2-10(6-11)8-22(20,21)9-15(19)13-7-12(17)4-5-14(13)18/h1-7,15,19H,8-9H2. The third-order valence-electron chi connectivity index (χ3n) is 3.00. The van der Waals surface area contributed by atoms with Gasteiger partial charge in [-0.15, -0.1) is 0 Å². The molecule has 22 heavy (non-hydrogen) atoms. The Kier molecular flexibility index (Phi) is 5.16. The number of aliphatic hydroxyl groups is 1. The molecular weight excluding hydrogens is 334 g/mol. The molecule has 2 aromatic carbocycles. The Labute approximate surface area is 132 Å². The first-order valence-electron chi connectivity index (χ1n) is 6.35. The zero-order valence-corrected chi connectivity index (χ0v) is 12.9. The lowest BCUT2D eigenvalue weighted by molar-refractivity contribution is 0.196. The minimum absolute atomic E-state index is 0.346. The Morgan fingerprint density at radius 1 is 1.14 bits per heavy atom. The summed E-state index contributed by atoms with van der Waals surface area (Å²) in [4.78, 5) is 0. The summed E-state index contributed by atoms with van der Waals surface area (Å²) in [7, 11) is -3.73. The van der Waals surface area contributed by atoms with Crippen LogP contribution in [0.15, 0.2) is 42.5 Å². The van der Waals surface area contributed by atoms with E-state index < -0.39 is 33.3 Å². The van der Waals surface area contributed by atoms with E-state index in [-0.39, 0.29) is 11.3 Å². The highest BCUT2D eigenvalue weighted by Crippen LogP contribution is 2.22. The van der Waals surface area contributed by atoms with Gasteiger partial charge in [0.1, 0.15) is 11.6 Å². The predicted molar refractivity (Wildman–Crippen MR) is 80.3 cm³/mol. The molecule has 0 bridgehead atoms. The third kappa shape index (κ3) is 4.50. The zero-order valence-electron chi connectivity index (χ0n) is 11.3. The number of hydrogen-bond acceptors (Lipinski definition) is 3. The predicted octanol–water partition coefficient (Wildman–Crippen LogP) is 3.27. The van der Waals surface area contributed by atoms with Crippen molar-refractivity contribution in [2.45, 2.75) is 11.9 Å². The molecule has 1 N–H and O–H groups in total. The van der Waals surface area contributed by atoms with Crippen molar-refractivity contribution in [2.75, 3.05) is 5.75 Å². The summed E-state index contributed by atoms with van der Waals surface area (Å²) >= 11 is 5.78. The molecule has 0 spiro atoms. The molecule has 0 saturated carbocycles. The number of halogens is 3. The van der Waals surface area contributed by atoms with Gasteiger partial charge in [0.15, 0.2) is 9.84 Å². The van der Waals surface area contributed by atoms with Gasteiger partial charge in [0.05, 0.1) is 17.6 Å². The number of rotatable bonds is 5. The van der Waals surface area contributed by atoms with E-state index in [9.17, 15) is 22.3 Å². The molecule has 7 heteroatoms. The van der Waals surface area contributed by atoms with Gasteiger partial charge in [0.25, 0.3) is 0 Å². The van der Waals surface area contributed by atoms with Crippen LogP contribution in [0.4, 0.5) is 8.78 Å². The topological polar surface area (TPSA) is 54.4 Å². The second-order valence-electron chi connectivity index (χ2n) is 4.87. The Hall–Kier alpha value is -1.50. The second-order valence-corrected chi connectivity index (χ2v) is 7.41. The average molecular weight is 347 g/mol. The summed E-state index contributed by atoms with van der Waals surface area (Å²) < 4.78 is 50.8. The van der Waals surface area contributed by atoms with E-state index in [1.165, 1.54) is 6.07 Å². The number of hydrogen-bond donors (Lipinski definition) is 1. The maximum atomic E-state index is 13.5. The number of aliphatic hydroxyl groups excluding tert-OH is 1. The molecule has 118 valence electrons. The molecule has 0 aliphatic rings. The molecule has 0 aliphatic carbocycles. The van der Waals surface area contributed by atoms with Gasteiger partial charge in [-0.25, -0.2) is 17.2 Å². The maximum Gasteiger partial charge on any atom is 0.157 e. The van der Waals surface area contributed by atoms with E-state index in [1.54, 1.807) is 18.2 Å². The Bertz CT molecular complexity index is 778. The summed E-state index contributed by atoms with van der Waals surface area (Å²) in [5, 5.41) is 10.3. The van der Waals surface area contributed by atoms with Crippen LogP contribution in [0.1, 0.15) is 17.2 Å². The van der Waals surface area contributed by atoms with Crippen molar-refractivity contribution < 1.29 is 22.3 Å². The molecular formula is C15H13ClF2O3S. The molecule has 1 unspecified atom stereocenters.